The van der Waals surface area contributed by atoms with Gasteiger partial charge in [0.1, 0.15) is 29.1 Å². The van der Waals surface area contributed by atoms with E-state index in [1.165, 1.54) is 12.8 Å². The van der Waals surface area contributed by atoms with Gasteiger partial charge in [0.2, 0.25) is 0 Å². The van der Waals surface area contributed by atoms with Crippen molar-refractivity contribution in [3.63, 3.8) is 0 Å². The third-order valence-electron chi connectivity index (χ3n) is 5.35. The maximum absolute atomic E-state index is 8.85. The second kappa shape index (κ2) is 9.51. The fourth-order valence-corrected chi connectivity index (χ4v) is 3.86. The lowest BCUT2D eigenvalue weighted by Gasteiger charge is -2.34. The van der Waals surface area contributed by atoms with Crippen LogP contribution < -0.4 is 5.32 Å². The topological polar surface area (TPSA) is 90.9 Å². The molecule has 1 saturated heterocycles. The van der Waals surface area contributed by atoms with Crippen molar-refractivity contribution in [3.8, 4) is 6.07 Å². The monoisotopic (exact) mass is 402 g/mol. The van der Waals surface area contributed by atoms with E-state index >= 15 is 0 Å². The largest absolute Gasteiger partial charge is 0.465 e. The first-order valence-electron chi connectivity index (χ1n) is 10.5. The smallest absolute Gasteiger partial charge is 0.148 e. The number of hydrogen-bond donors (Lipinski definition) is 1. The van der Waals surface area contributed by atoms with Crippen molar-refractivity contribution in [1.82, 2.24) is 19.9 Å². The number of anilines is 2. The SMILES string of the molecule is CCCc1ccc(CN2CCCC[C@H]2c2cnc(Nc3ccc(C#N)nc3)cn2)o1. The third-order valence-corrected chi connectivity index (χ3v) is 5.35. The molecule has 1 fully saturated rings. The quantitative estimate of drug-likeness (QED) is 0.609. The van der Waals surface area contributed by atoms with E-state index < -0.39 is 0 Å². The molecule has 0 aromatic carbocycles. The molecule has 0 aliphatic carbocycles. The second-order valence-electron chi connectivity index (χ2n) is 7.60. The summed E-state index contributed by atoms with van der Waals surface area (Å²) in [6.07, 6.45) is 10.8. The zero-order valence-corrected chi connectivity index (χ0v) is 17.2. The van der Waals surface area contributed by atoms with E-state index in [1.807, 2.05) is 12.3 Å². The minimum atomic E-state index is 0.247. The summed E-state index contributed by atoms with van der Waals surface area (Å²) in [5.41, 5.74) is 2.15. The van der Waals surface area contributed by atoms with E-state index in [0.29, 0.717) is 11.5 Å². The van der Waals surface area contributed by atoms with Gasteiger partial charge in [-0.05, 0) is 50.1 Å². The van der Waals surface area contributed by atoms with Crippen molar-refractivity contribution in [1.29, 1.82) is 5.26 Å². The van der Waals surface area contributed by atoms with Crippen molar-refractivity contribution >= 4 is 11.5 Å². The molecule has 7 heteroatoms. The van der Waals surface area contributed by atoms with E-state index in [1.54, 1.807) is 24.5 Å². The predicted octanol–water partition coefficient (Wildman–Crippen LogP) is 4.76. The molecular formula is C23H26N6O. The fraction of sp³-hybridized carbons (Fsp3) is 0.391. The number of hydrogen-bond acceptors (Lipinski definition) is 7. The van der Waals surface area contributed by atoms with Crippen LogP contribution in [0.3, 0.4) is 0 Å². The van der Waals surface area contributed by atoms with Crippen molar-refractivity contribution in [2.45, 2.75) is 51.6 Å². The normalized spacial score (nSPS) is 16.9. The first-order valence-corrected chi connectivity index (χ1v) is 10.5. The molecule has 4 heterocycles. The lowest BCUT2D eigenvalue weighted by atomic mass is 9.99. The molecule has 0 unspecified atom stereocenters. The highest BCUT2D eigenvalue weighted by Crippen LogP contribution is 2.31. The number of nitrogens with zero attached hydrogens (tertiary/aromatic N) is 5. The first-order chi connectivity index (χ1) is 14.7. The van der Waals surface area contributed by atoms with Crippen LogP contribution in [-0.4, -0.2) is 26.4 Å². The lowest BCUT2D eigenvalue weighted by molar-refractivity contribution is 0.126. The molecule has 0 spiro atoms. The van der Waals surface area contributed by atoms with E-state index in [-0.39, 0.29) is 6.04 Å². The van der Waals surface area contributed by atoms with Crippen molar-refractivity contribution < 1.29 is 4.42 Å². The highest BCUT2D eigenvalue weighted by Gasteiger charge is 2.26. The van der Waals surface area contributed by atoms with E-state index in [0.717, 1.165) is 55.3 Å². The molecule has 3 aromatic heterocycles. The van der Waals surface area contributed by atoms with Crippen LogP contribution in [0.1, 0.15) is 61.6 Å². The minimum absolute atomic E-state index is 0.247. The Morgan fingerprint density at radius 1 is 1.10 bits per heavy atom. The van der Waals surface area contributed by atoms with Crippen LogP contribution in [0.15, 0.2) is 47.3 Å². The van der Waals surface area contributed by atoms with Gasteiger partial charge in [0.05, 0.1) is 42.6 Å². The third kappa shape index (κ3) is 4.84. The van der Waals surface area contributed by atoms with Crippen LogP contribution in [-0.2, 0) is 13.0 Å². The van der Waals surface area contributed by atoms with Gasteiger partial charge in [-0.15, -0.1) is 0 Å². The highest BCUT2D eigenvalue weighted by atomic mass is 16.3. The number of likely N-dealkylation sites (tertiary alicyclic amines) is 1. The molecule has 154 valence electrons. The Morgan fingerprint density at radius 2 is 2.00 bits per heavy atom. The fourth-order valence-electron chi connectivity index (χ4n) is 3.86. The molecule has 0 saturated carbocycles. The molecule has 1 aliphatic rings. The zero-order chi connectivity index (χ0) is 20.8. The maximum Gasteiger partial charge on any atom is 0.148 e. The summed E-state index contributed by atoms with van der Waals surface area (Å²) in [5, 5.41) is 12.0. The van der Waals surface area contributed by atoms with Gasteiger partial charge >= 0.3 is 0 Å². The molecule has 0 amide bonds. The number of piperidine rings is 1. The van der Waals surface area contributed by atoms with Crippen molar-refractivity contribution in [3.05, 3.63) is 65.8 Å². The summed E-state index contributed by atoms with van der Waals surface area (Å²) >= 11 is 0. The van der Waals surface area contributed by atoms with Gasteiger partial charge in [-0.1, -0.05) is 13.3 Å². The summed E-state index contributed by atoms with van der Waals surface area (Å²) in [4.78, 5) is 15.7. The summed E-state index contributed by atoms with van der Waals surface area (Å²) < 4.78 is 6.00. The standard InChI is InChI=1S/C23H26N6O/c1-2-5-19-9-10-20(30-19)16-29-11-4-3-6-22(29)21-14-27-23(15-26-21)28-18-8-7-17(12-24)25-13-18/h7-10,13-15,22H,2-6,11,16H2,1H3,(H,27,28)/t22-/m0/s1. The van der Waals surface area contributed by atoms with Crippen molar-refractivity contribution in [2.24, 2.45) is 0 Å². The molecular weight excluding hydrogens is 376 g/mol. The second-order valence-corrected chi connectivity index (χ2v) is 7.60. The van der Waals surface area contributed by atoms with E-state index in [4.69, 9.17) is 9.68 Å². The Balaban J connectivity index is 1.43. The van der Waals surface area contributed by atoms with Gasteiger partial charge in [0.25, 0.3) is 0 Å². The van der Waals surface area contributed by atoms with Gasteiger partial charge in [0.15, 0.2) is 0 Å². The molecule has 1 aliphatic heterocycles. The molecule has 4 rings (SSSR count). The van der Waals surface area contributed by atoms with Gasteiger partial charge in [0, 0.05) is 6.42 Å². The van der Waals surface area contributed by atoms with Crippen LogP contribution in [0.2, 0.25) is 0 Å². The predicted molar refractivity (Wildman–Crippen MR) is 114 cm³/mol. The average Bonchev–Trinajstić information content (AvgIpc) is 3.22. The van der Waals surface area contributed by atoms with Crippen LogP contribution in [0.25, 0.3) is 0 Å². The van der Waals surface area contributed by atoms with Gasteiger partial charge < -0.3 is 9.73 Å². The van der Waals surface area contributed by atoms with E-state index in [2.05, 4.69) is 44.2 Å². The molecule has 30 heavy (non-hydrogen) atoms. The summed E-state index contributed by atoms with van der Waals surface area (Å²) in [5.74, 6) is 2.74. The Bertz CT molecular complexity index is 990. The van der Waals surface area contributed by atoms with E-state index in [9.17, 15) is 0 Å². The molecule has 0 radical (unpaired) electrons. The number of aryl methyl sites for hydroxylation is 1. The molecule has 0 bridgehead atoms. The Hall–Kier alpha value is -3.24. The average molecular weight is 403 g/mol. The summed E-state index contributed by atoms with van der Waals surface area (Å²) in [6, 6.07) is 9.93. The Kier molecular flexibility index (Phi) is 6.35. The van der Waals surface area contributed by atoms with Crippen LogP contribution in [0.5, 0.6) is 0 Å². The van der Waals surface area contributed by atoms with Crippen LogP contribution in [0, 0.1) is 11.3 Å². The van der Waals surface area contributed by atoms with Gasteiger partial charge in [-0.25, -0.2) is 9.97 Å². The first kappa shape index (κ1) is 20.0. The lowest BCUT2D eigenvalue weighted by Crippen LogP contribution is -2.33. The molecule has 7 nitrogen and oxygen atoms in total. The van der Waals surface area contributed by atoms with Gasteiger partial charge in [-0.3, -0.25) is 9.88 Å². The zero-order valence-electron chi connectivity index (χ0n) is 17.2. The Morgan fingerprint density at radius 3 is 2.73 bits per heavy atom. The van der Waals surface area contributed by atoms with Gasteiger partial charge in [-0.2, -0.15) is 5.26 Å². The van der Waals surface area contributed by atoms with Crippen LogP contribution in [0.4, 0.5) is 11.5 Å². The molecule has 1 atom stereocenters. The highest BCUT2D eigenvalue weighted by molar-refractivity contribution is 5.54. The number of furan rings is 1. The molecule has 3 aromatic rings. The van der Waals surface area contributed by atoms with Crippen LogP contribution >= 0.6 is 0 Å². The minimum Gasteiger partial charge on any atom is -0.465 e. The molecule has 1 N–H and O–H groups in total. The van der Waals surface area contributed by atoms with Crippen molar-refractivity contribution in [2.75, 3.05) is 11.9 Å². The number of pyridine rings is 1. The summed E-state index contributed by atoms with van der Waals surface area (Å²) in [7, 11) is 0. The summed E-state index contributed by atoms with van der Waals surface area (Å²) in [6.45, 7) is 4.00. The Labute approximate surface area is 176 Å². The maximum atomic E-state index is 8.85. The number of aromatic nitrogens is 3. The number of nitrogens with one attached hydrogen (secondary N) is 1. The number of rotatable bonds is 7. The number of nitriles is 1.